The maximum atomic E-state index is 5.95. The van der Waals surface area contributed by atoms with Crippen molar-refractivity contribution in [2.24, 2.45) is 18.7 Å². The van der Waals surface area contributed by atoms with E-state index in [4.69, 9.17) is 5.73 Å². The van der Waals surface area contributed by atoms with E-state index < -0.39 is 0 Å². The van der Waals surface area contributed by atoms with Crippen molar-refractivity contribution < 1.29 is 0 Å². The standard InChI is InChI=1S/C13H22BrN3/c1-3-11-13(14)12(17(2)16-11)8-9-4-6-10(15)7-5-9/h9-10H,3-8,15H2,1-2H3. The molecule has 3 nitrogen and oxygen atoms in total. The summed E-state index contributed by atoms with van der Waals surface area (Å²) < 4.78 is 3.26. The van der Waals surface area contributed by atoms with Crippen LogP contribution in [0.4, 0.5) is 0 Å². The molecule has 0 saturated heterocycles. The Kier molecular flexibility index (Phi) is 4.26. The summed E-state index contributed by atoms with van der Waals surface area (Å²) in [5.41, 5.74) is 8.47. The number of nitrogens with two attached hydrogens (primary N) is 1. The van der Waals surface area contributed by atoms with Crippen LogP contribution in [0.1, 0.15) is 44.0 Å². The van der Waals surface area contributed by atoms with Gasteiger partial charge in [0.2, 0.25) is 0 Å². The average Bonchev–Trinajstić information content (AvgIpc) is 2.59. The number of aromatic nitrogens is 2. The summed E-state index contributed by atoms with van der Waals surface area (Å²) >= 11 is 3.69. The van der Waals surface area contributed by atoms with E-state index in [0.717, 1.165) is 18.8 Å². The molecule has 17 heavy (non-hydrogen) atoms. The van der Waals surface area contributed by atoms with E-state index in [1.165, 1.54) is 41.5 Å². The second kappa shape index (κ2) is 5.53. The zero-order valence-corrected chi connectivity index (χ0v) is 12.3. The monoisotopic (exact) mass is 299 g/mol. The number of aryl methyl sites for hydroxylation is 2. The molecule has 2 N–H and O–H groups in total. The first kappa shape index (κ1) is 13.1. The highest BCUT2D eigenvalue weighted by Crippen LogP contribution is 2.30. The Morgan fingerprint density at radius 3 is 2.53 bits per heavy atom. The fraction of sp³-hybridized carbons (Fsp3) is 0.769. The van der Waals surface area contributed by atoms with Gasteiger partial charge in [-0.3, -0.25) is 4.68 Å². The lowest BCUT2D eigenvalue weighted by molar-refractivity contribution is 0.320. The third kappa shape index (κ3) is 2.91. The Hall–Kier alpha value is -0.350. The minimum Gasteiger partial charge on any atom is -0.328 e. The molecule has 1 aliphatic carbocycles. The van der Waals surface area contributed by atoms with Crippen molar-refractivity contribution >= 4 is 15.9 Å². The molecular weight excluding hydrogens is 278 g/mol. The van der Waals surface area contributed by atoms with Crippen molar-refractivity contribution in [3.05, 3.63) is 15.9 Å². The van der Waals surface area contributed by atoms with Gasteiger partial charge in [-0.25, -0.2) is 0 Å². The summed E-state index contributed by atoms with van der Waals surface area (Å²) in [7, 11) is 2.05. The third-order valence-corrected chi connectivity index (χ3v) is 4.79. The fourth-order valence-corrected chi connectivity index (χ4v) is 3.49. The molecule has 0 aromatic carbocycles. The molecule has 0 radical (unpaired) electrons. The number of hydrogen-bond donors (Lipinski definition) is 1. The highest BCUT2D eigenvalue weighted by Gasteiger charge is 2.22. The van der Waals surface area contributed by atoms with E-state index in [-0.39, 0.29) is 0 Å². The Balaban J connectivity index is 2.05. The van der Waals surface area contributed by atoms with Crippen LogP contribution in [0.25, 0.3) is 0 Å². The molecule has 1 aliphatic rings. The summed E-state index contributed by atoms with van der Waals surface area (Å²) in [6.07, 6.45) is 7.02. The van der Waals surface area contributed by atoms with Crippen LogP contribution in [-0.2, 0) is 19.9 Å². The van der Waals surface area contributed by atoms with E-state index in [1.807, 2.05) is 11.7 Å². The lowest BCUT2D eigenvalue weighted by Crippen LogP contribution is -2.27. The molecule has 4 heteroatoms. The van der Waals surface area contributed by atoms with Crippen LogP contribution in [0, 0.1) is 5.92 Å². The molecule has 1 fully saturated rings. The van der Waals surface area contributed by atoms with Gasteiger partial charge >= 0.3 is 0 Å². The second-order valence-corrected chi connectivity index (χ2v) is 5.96. The van der Waals surface area contributed by atoms with Gasteiger partial charge in [-0.1, -0.05) is 6.92 Å². The van der Waals surface area contributed by atoms with Gasteiger partial charge in [0.25, 0.3) is 0 Å². The van der Waals surface area contributed by atoms with E-state index in [9.17, 15) is 0 Å². The van der Waals surface area contributed by atoms with Crippen LogP contribution in [0.5, 0.6) is 0 Å². The molecule has 0 spiro atoms. The summed E-state index contributed by atoms with van der Waals surface area (Å²) in [6, 6.07) is 0.437. The number of rotatable bonds is 3. The summed E-state index contributed by atoms with van der Waals surface area (Å²) in [5.74, 6) is 0.784. The molecule has 1 heterocycles. The maximum absolute atomic E-state index is 5.95. The smallest absolute Gasteiger partial charge is 0.0766 e. The first-order chi connectivity index (χ1) is 8.11. The van der Waals surface area contributed by atoms with Crippen molar-refractivity contribution in [2.45, 2.75) is 51.5 Å². The minimum absolute atomic E-state index is 0.437. The van der Waals surface area contributed by atoms with E-state index in [2.05, 4.69) is 28.0 Å². The van der Waals surface area contributed by atoms with Gasteiger partial charge in [-0.2, -0.15) is 5.10 Å². The molecular formula is C13H22BrN3. The van der Waals surface area contributed by atoms with Gasteiger partial charge < -0.3 is 5.73 Å². The minimum atomic E-state index is 0.437. The van der Waals surface area contributed by atoms with E-state index in [0.29, 0.717) is 6.04 Å². The molecule has 0 unspecified atom stereocenters. The highest BCUT2D eigenvalue weighted by molar-refractivity contribution is 9.10. The SMILES string of the molecule is CCc1nn(C)c(CC2CCC(N)CC2)c1Br. The van der Waals surface area contributed by atoms with Crippen LogP contribution in [0.2, 0.25) is 0 Å². The van der Waals surface area contributed by atoms with Gasteiger partial charge in [0.1, 0.15) is 0 Å². The van der Waals surface area contributed by atoms with Gasteiger partial charge in [0.05, 0.1) is 15.9 Å². The van der Waals surface area contributed by atoms with Crippen molar-refractivity contribution in [1.82, 2.24) is 9.78 Å². The van der Waals surface area contributed by atoms with Crippen molar-refractivity contribution in [1.29, 1.82) is 0 Å². The maximum Gasteiger partial charge on any atom is 0.0766 e. The van der Waals surface area contributed by atoms with Crippen molar-refractivity contribution in [2.75, 3.05) is 0 Å². The molecule has 2 rings (SSSR count). The molecule has 96 valence electrons. The Morgan fingerprint density at radius 2 is 2.00 bits per heavy atom. The van der Waals surface area contributed by atoms with E-state index >= 15 is 0 Å². The van der Waals surface area contributed by atoms with E-state index in [1.54, 1.807) is 0 Å². The first-order valence-corrected chi connectivity index (χ1v) is 7.37. The zero-order valence-electron chi connectivity index (χ0n) is 10.7. The molecule has 0 bridgehead atoms. The van der Waals surface area contributed by atoms with Crippen LogP contribution >= 0.6 is 15.9 Å². The van der Waals surface area contributed by atoms with Crippen molar-refractivity contribution in [3.8, 4) is 0 Å². The molecule has 0 aliphatic heterocycles. The molecule has 1 aromatic heterocycles. The highest BCUT2D eigenvalue weighted by atomic mass is 79.9. The molecule has 0 amide bonds. The second-order valence-electron chi connectivity index (χ2n) is 5.17. The summed E-state index contributed by atoms with van der Waals surface area (Å²) in [6.45, 7) is 2.15. The lowest BCUT2D eigenvalue weighted by Gasteiger charge is -2.26. The van der Waals surface area contributed by atoms with Crippen molar-refractivity contribution in [3.63, 3.8) is 0 Å². The summed E-state index contributed by atoms with van der Waals surface area (Å²) in [5, 5.41) is 4.55. The Bertz CT molecular complexity index is 378. The van der Waals surface area contributed by atoms with Crippen LogP contribution < -0.4 is 5.73 Å². The zero-order chi connectivity index (χ0) is 12.4. The third-order valence-electron chi connectivity index (χ3n) is 3.88. The quantitative estimate of drug-likeness (QED) is 0.933. The van der Waals surface area contributed by atoms with Gasteiger partial charge in [0.15, 0.2) is 0 Å². The topological polar surface area (TPSA) is 43.8 Å². The lowest BCUT2D eigenvalue weighted by atomic mass is 9.84. The molecule has 1 aromatic rings. The first-order valence-electron chi connectivity index (χ1n) is 6.57. The van der Waals surface area contributed by atoms with Crippen LogP contribution in [0.15, 0.2) is 4.47 Å². The number of halogens is 1. The molecule has 0 atom stereocenters. The van der Waals surface area contributed by atoms with Gasteiger partial charge in [-0.05, 0) is 60.4 Å². The van der Waals surface area contributed by atoms with Gasteiger partial charge in [-0.15, -0.1) is 0 Å². The largest absolute Gasteiger partial charge is 0.328 e. The molecule has 1 saturated carbocycles. The fourth-order valence-electron chi connectivity index (χ4n) is 2.71. The average molecular weight is 300 g/mol. The Morgan fingerprint density at radius 1 is 1.35 bits per heavy atom. The Labute approximate surface area is 112 Å². The van der Waals surface area contributed by atoms with Gasteiger partial charge in [0, 0.05) is 13.1 Å². The summed E-state index contributed by atoms with van der Waals surface area (Å²) in [4.78, 5) is 0. The normalized spacial score (nSPS) is 25.2. The number of hydrogen-bond acceptors (Lipinski definition) is 2. The number of nitrogens with zero attached hydrogens (tertiary/aromatic N) is 2. The predicted molar refractivity (Wildman–Crippen MR) is 73.9 cm³/mol. The van der Waals surface area contributed by atoms with Crippen LogP contribution in [-0.4, -0.2) is 15.8 Å². The predicted octanol–water partition coefficient (Wildman–Crippen LogP) is 2.81. The van der Waals surface area contributed by atoms with Crippen LogP contribution in [0.3, 0.4) is 0 Å².